The maximum atomic E-state index is 7.37. The van der Waals surface area contributed by atoms with Gasteiger partial charge in [-0.25, -0.2) is 0 Å². The Kier molecular flexibility index (Phi) is 8.05. The highest BCUT2D eigenvalue weighted by Crippen LogP contribution is 2.50. The summed E-state index contributed by atoms with van der Waals surface area (Å²) in [5.74, 6) is 2.66. The average molecular weight is 944 g/mol. The van der Waals surface area contributed by atoms with Crippen LogP contribution in [0.15, 0.2) is 237 Å². The molecule has 0 atom stereocenters. The van der Waals surface area contributed by atoms with Gasteiger partial charge < -0.3 is 28.4 Å². The van der Waals surface area contributed by atoms with Crippen molar-refractivity contribution < 1.29 is 9.47 Å². The summed E-state index contributed by atoms with van der Waals surface area (Å²) in [5, 5.41) is 4.72. The fraction of sp³-hybridized carbons (Fsp3) is 0. The topological polar surface area (TPSA) is 47.7 Å². The molecule has 7 heterocycles. The van der Waals surface area contributed by atoms with Gasteiger partial charge in [0.15, 0.2) is 0 Å². The summed E-state index contributed by atoms with van der Waals surface area (Å²) < 4.78 is 19.7. The molecule has 0 unspecified atom stereocenters. The van der Waals surface area contributed by atoms with Gasteiger partial charge in [0, 0.05) is 67.8 Å². The van der Waals surface area contributed by atoms with Crippen molar-refractivity contribution in [3.63, 3.8) is 0 Å². The fourth-order valence-electron chi connectivity index (χ4n) is 13.2. The lowest BCUT2D eigenvalue weighted by Gasteiger charge is -2.37. The van der Waals surface area contributed by atoms with Crippen LogP contribution in [-0.4, -0.2) is 27.5 Å². The van der Waals surface area contributed by atoms with Crippen molar-refractivity contribution in [1.82, 2.24) is 14.1 Å². The zero-order valence-electron chi connectivity index (χ0n) is 39.7. The third-order valence-electron chi connectivity index (χ3n) is 16.0. The number of hydrogen-bond donors (Lipinski definition) is 0. The highest BCUT2D eigenvalue weighted by Gasteiger charge is 2.47. The largest absolute Gasteiger partial charge is 0.440 e. The second kappa shape index (κ2) is 14.9. The van der Waals surface area contributed by atoms with Crippen molar-refractivity contribution in [1.29, 1.82) is 0 Å². The summed E-state index contributed by atoms with van der Waals surface area (Å²) in [4.78, 5) is 10.3. The Hall–Kier alpha value is -9.72. The molecular formula is C65H39B2N5O2. The first-order chi connectivity index (χ1) is 36.8. The van der Waals surface area contributed by atoms with Crippen molar-refractivity contribution in [2.24, 2.45) is 0 Å². The van der Waals surface area contributed by atoms with Crippen molar-refractivity contribution in [2.75, 3.05) is 9.80 Å². The molecule has 13 aromatic rings. The zero-order chi connectivity index (χ0) is 48.2. The van der Waals surface area contributed by atoms with Gasteiger partial charge in [0.05, 0.1) is 33.4 Å². The lowest BCUT2D eigenvalue weighted by molar-refractivity contribution is 0.432. The standard InChI is InChI=1S/C65H39B2N5O2/c1-5-21-40(22-6-1)69(41-23-7-2-8-24-41)54-38-56-60-62-58(54)44-29-13-17-33-50(44)71(62)52-35-19-15-31-46(52)66(60)48-37-49-65(68-64(48)73-56)74-57-39-55(70(42-25-9-3-10-26-42)43-27-11-4-12-28-43)59-45-30-14-18-34-51(45)72-53-36-20-16-32-47(53)67(49)61(57)63(59)72/h1-39H. The van der Waals surface area contributed by atoms with E-state index in [-0.39, 0.29) is 13.4 Å². The van der Waals surface area contributed by atoms with Gasteiger partial charge in [-0.15, -0.1) is 0 Å². The Morgan fingerprint density at radius 2 is 0.703 bits per heavy atom. The highest BCUT2D eigenvalue weighted by atomic mass is 16.5. The van der Waals surface area contributed by atoms with E-state index in [0.29, 0.717) is 11.8 Å². The Labute approximate surface area is 426 Å². The number of para-hydroxylation sites is 8. The monoisotopic (exact) mass is 943 g/mol. The van der Waals surface area contributed by atoms with Crippen LogP contribution in [0.4, 0.5) is 34.1 Å². The molecule has 9 heteroatoms. The molecule has 0 aliphatic carbocycles. The molecule has 10 aromatic carbocycles. The summed E-state index contributed by atoms with van der Waals surface area (Å²) in [6.07, 6.45) is 0. The van der Waals surface area contributed by atoms with Gasteiger partial charge in [-0.2, -0.15) is 4.98 Å². The molecular weight excluding hydrogens is 904 g/mol. The maximum absolute atomic E-state index is 7.37. The van der Waals surface area contributed by atoms with E-state index in [1.54, 1.807) is 0 Å². The zero-order valence-corrected chi connectivity index (χ0v) is 39.7. The minimum atomic E-state index is -0.183. The number of ether oxygens (including phenoxy) is 2. The fourth-order valence-corrected chi connectivity index (χ4v) is 13.2. The number of hydrogen-bond acceptors (Lipinski definition) is 5. The van der Waals surface area contributed by atoms with E-state index >= 15 is 0 Å². The van der Waals surface area contributed by atoms with Crippen molar-refractivity contribution in [2.45, 2.75) is 0 Å². The van der Waals surface area contributed by atoms with Gasteiger partial charge in [-0.05, 0) is 106 Å². The summed E-state index contributed by atoms with van der Waals surface area (Å²) >= 11 is 0. The van der Waals surface area contributed by atoms with E-state index < -0.39 is 0 Å². The molecule has 17 rings (SSSR count). The normalized spacial score (nSPS) is 13.0. The summed E-state index contributed by atoms with van der Waals surface area (Å²) in [6, 6.07) is 85.0. The highest BCUT2D eigenvalue weighted by molar-refractivity contribution is 7.02. The predicted octanol–water partition coefficient (Wildman–Crippen LogP) is 12.1. The SMILES string of the molecule is c1ccc(N(c2ccccc2)c2cc3c4c5c2c2ccccc2n5-c2ccccc2B4c2cc4c(nc2O3)Oc2cc(N(c3ccccc3)c3ccccc3)c3c5ccccc5n5c3c2B4c2ccccc2-5)cc1. The van der Waals surface area contributed by atoms with Crippen LogP contribution in [0.1, 0.15) is 0 Å². The summed E-state index contributed by atoms with van der Waals surface area (Å²) in [6.45, 7) is -0.366. The number of rotatable bonds is 6. The molecule has 0 spiro atoms. The first kappa shape index (κ1) is 39.9. The van der Waals surface area contributed by atoms with Crippen molar-refractivity contribution in [3.05, 3.63) is 237 Å². The van der Waals surface area contributed by atoms with Gasteiger partial charge in [-0.3, -0.25) is 0 Å². The van der Waals surface area contributed by atoms with E-state index in [1.165, 1.54) is 32.5 Å². The first-order valence-corrected chi connectivity index (χ1v) is 25.4. The van der Waals surface area contributed by atoms with Crippen LogP contribution in [0.5, 0.6) is 23.3 Å². The average Bonchev–Trinajstić information content (AvgIpc) is 4.01. The molecule has 74 heavy (non-hydrogen) atoms. The van der Waals surface area contributed by atoms with E-state index in [1.807, 2.05) is 0 Å². The van der Waals surface area contributed by atoms with Gasteiger partial charge in [-0.1, -0.05) is 152 Å². The molecule has 342 valence electrons. The summed E-state index contributed by atoms with van der Waals surface area (Å²) in [7, 11) is 0. The van der Waals surface area contributed by atoms with Gasteiger partial charge in [0.2, 0.25) is 11.8 Å². The third-order valence-corrected chi connectivity index (χ3v) is 16.0. The third kappa shape index (κ3) is 5.29. The van der Waals surface area contributed by atoms with Crippen LogP contribution in [0.3, 0.4) is 0 Å². The molecule has 0 radical (unpaired) electrons. The Bertz CT molecular complexity index is 4160. The number of nitrogens with zero attached hydrogens (tertiary/aromatic N) is 5. The Morgan fingerprint density at radius 1 is 0.351 bits per heavy atom. The number of aromatic nitrogens is 3. The first-order valence-electron chi connectivity index (χ1n) is 25.4. The molecule has 0 saturated carbocycles. The molecule has 0 N–H and O–H groups in total. The smallest absolute Gasteiger partial charge is 0.258 e. The van der Waals surface area contributed by atoms with E-state index in [4.69, 9.17) is 14.5 Å². The number of anilines is 6. The van der Waals surface area contributed by atoms with E-state index in [0.717, 1.165) is 101 Å². The van der Waals surface area contributed by atoms with Gasteiger partial charge >= 0.3 is 0 Å². The second-order valence-corrected chi connectivity index (χ2v) is 19.7. The van der Waals surface area contributed by atoms with Crippen LogP contribution >= 0.6 is 0 Å². The quantitative estimate of drug-likeness (QED) is 0.155. The lowest BCUT2D eigenvalue weighted by atomic mass is 9.32. The van der Waals surface area contributed by atoms with Crippen LogP contribution in [0.2, 0.25) is 0 Å². The maximum Gasteiger partial charge on any atom is 0.258 e. The van der Waals surface area contributed by atoms with E-state index in [9.17, 15) is 0 Å². The van der Waals surface area contributed by atoms with Gasteiger partial charge in [0.25, 0.3) is 13.4 Å². The molecule has 3 aromatic heterocycles. The molecule has 4 aliphatic rings. The number of benzene rings is 10. The van der Waals surface area contributed by atoms with Gasteiger partial charge in [0.1, 0.15) is 11.5 Å². The minimum Gasteiger partial charge on any atom is -0.440 e. The molecule has 0 amide bonds. The van der Waals surface area contributed by atoms with Crippen LogP contribution in [-0.2, 0) is 0 Å². The molecule has 4 aliphatic heterocycles. The molecule has 7 nitrogen and oxygen atoms in total. The van der Waals surface area contributed by atoms with Crippen molar-refractivity contribution in [3.8, 4) is 34.6 Å². The molecule has 0 bridgehead atoms. The number of fused-ring (bicyclic) bond motifs is 16. The number of pyridine rings is 1. The Balaban J connectivity index is 0.948. The minimum absolute atomic E-state index is 0.183. The van der Waals surface area contributed by atoms with E-state index in [2.05, 4.69) is 256 Å². The predicted molar refractivity (Wildman–Crippen MR) is 305 cm³/mol. The van der Waals surface area contributed by atoms with Crippen LogP contribution in [0.25, 0.3) is 55.0 Å². The Morgan fingerprint density at radius 3 is 1.11 bits per heavy atom. The summed E-state index contributed by atoms with van der Waals surface area (Å²) in [5.41, 5.74) is 19.9. The van der Waals surface area contributed by atoms with Crippen LogP contribution in [0, 0.1) is 0 Å². The van der Waals surface area contributed by atoms with Crippen molar-refractivity contribution >= 4 is 124 Å². The lowest BCUT2D eigenvalue weighted by Crippen LogP contribution is -2.62. The molecule has 0 saturated heterocycles. The van der Waals surface area contributed by atoms with Crippen LogP contribution < -0.4 is 52.1 Å². The molecule has 0 fully saturated rings. The second-order valence-electron chi connectivity index (χ2n) is 19.7.